The lowest BCUT2D eigenvalue weighted by molar-refractivity contribution is -0.147. The molecule has 2 unspecified atom stereocenters. The maximum Gasteiger partial charge on any atom is 0.408 e. The molecule has 3 aliphatic heterocycles. The van der Waals surface area contributed by atoms with E-state index < -0.39 is 199 Å². The zero-order chi connectivity index (χ0) is 55.7. The van der Waals surface area contributed by atoms with Gasteiger partial charge in [0.05, 0.1) is 43.0 Å². The Balaban J connectivity index is 1.88. The first kappa shape index (κ1) is 60.6. The number of ether oxygens (including phenoxy) is 1. The van der Waals surface area contributed by atoms with Crippen LogP contribution >= 0.6 is 0 Å². The van der Waals surface area contributed by atoms with Crippen LogP contribution in [-0.2, 0) is 55.1 Å². The summed E-state index contributed by atoms with van der Waals surface area (Å²) in [5.74, 6) is -11.0. The van der Waals surface area contributed by atoms with E-state index in [9.17, 15) is 87.1 Å². The van der Waals surface area contributed by atoms with Crippen LogP contribution in [-0.4, -0.2) is 236 Å². The Labute approximate surface area is 426 Å². The summed E-state index contributed by atoms with van der Waals surface area (Å²) in [5.41, 5.74) is -1.26. The van der Waals surface area contributed by atoms with Crippen LogP contribution in [0.5, 0.6) is 11.5 Å². The molecule has 3 heterocycles. The largest absolute Gasteiger partial charge is 0.716 e. The van der Waals surface area contributed by atoms with Gasteiger partial charge in [-0.3, -0.25) is 33.6 Å². The average Bonchev–Trinajstić information content (AvgIpc) is 3.82. The van der Waals surface area contributed by atoms with Gasteiger partial charge >= 0.3 is 6.09 Å². The number of likely N-dealkylation sites (N-methyl/N-ethyl adjacent to an activating group) is 1. The number of aromatic hydroxyl groups is 1. The number of benzene rings is 1. The number of aliphatic hydroxyl groups excluding tert-OH is 6. The van der Waals surface area contributed by atoms with E-state index >= 15 is 0 Å². The van der Waals surface area contributed by atoms with Gasteiger partial charge in [0.1, 0.15) is 41.9 Å². The van der Waals surface area contributed by atoms with Crippen molar-refractivity contribution in [2.45, 2.75) is 139 Å². The molecule has 13 N–H and O–H groups in total. The predicted molar refractivity (Wildman–Crippen MR) is 251 cm³/mol. The number of hydrogen-bond donors (Lipinski definition) is 13. The third kappa shape index (κ3) is 17.0. The molecule has 13 atom stereocenters. The quantitative estimate of drug-likeness (QED) is 0.0645. The highest BCUT2D eigenvalue weighted by molar-refractivity contribution is 7.81. The molecule has 8 amide bonds. The summed E-state index contributed by atoms with van der Waals surface area (Å²) >= 11 is 0. The number of β-amino-alcohol motifs (C(OH)–C–C–N with tert-alkyl or cyclic N) is 1. The van der Waals surface area contributed by atoms with Gasteiger partial charge in [-0.1, -0.05) is 13.0 Å². The Morgan fingerprint density at radius 3 is 2.09 bits per heavy atom. The number of alkyl carbamates (subject to hydrolysis) is 1. The maximum atomic E-state index is 14.7. The summed E-state index contributed by atoms with van der Waals surface area (Å²) in [6.07, 6.45) is -15.0. The molecule has 0 saturated carbocycles. The highest BCUT2D eigenvalue weighted by Gasteiger charge is 2.50. The van der Waals surface area contributed by atoms with Crippen LogP contribution in [0.15, 0.2) is 18.2 Å². The molecule has 29 nitrogen and oxygen atoms in total. The lowest BCUT2D eigenvalue weighted by atomic mass is 9.98. The molecule has 0 aromatic heterocycles. The second-order valence-corrected chi connectivity index (χ2v) is 20.8. The molecule has 0 radical (unpaired) electrons. The van der Waals surface area contributed by atoms with Crippen LogP contribution in [0.1, 0.15) is 59.4 Å². The summed E-state index contributed by atoms with van der Waals surface area (Å²) in [6, 6.07) is -9.06. The molecule has 0 bridgehead atoms. The van der Waals surface area contributed by atoms with Gasteiger partial charge in [0, 0.05) is 57.9 Å². The van der Waals surface area contributed by atoms with Crippen LogP contribution in [0.4, 0.5) is 4.79 Å². The number of hydrogen-bond acceptors (Lipinski definition) is 21. The molecular weight excluding hydrogens is 1010 g/mol. The third-order valence-electron chi connectivity index (χ3n) is 12.1. The van der Waals surface area contributed by atoms with Crippen LogP contribution < -0.4 is 36.1 Å². The Kier molecular flexibility index (Phi) is 20.9. The minimum atomic E-state index is -5.47. The van der Waals surface area contributed by atoms with Crippen molar-refractivity contribution in [1.82, 2.24) is 46.6 Å². The van der Waals surface area contributed by atoms with Gasteiger partial charge in [-0.2, -0.15) is 0 Å². The summed E-state index contributed by atoms with van der Waals surface area (Å²) < 4.78 is 43.8. The average molecular weight is 1080 g/mol. The maximum absolute atomic E-state index is 14.7. The van der Waals surface area contributed by atoms with Crippen LogP contribution in [0.25, 0.3) is 0 Å². The van der Waals surface area contributed by atoms with E-state index in [0.717, 1.165) is 34.9 Å². The minimum Gasteiger partial charge on any atom is -0.716 e. The first-order valence-corrected chi connectivity index (χ1v) is 24.9. The van der Waals surface area contributed by atoms with Gasteiger partial charge in [0.15, 0.2) is 11.5 Å². The first-order valence-electron chi connectivity index (χ1n) is 23.5. The van der Waals surface area contributed by atoms with Crippen molar-refractivity contribution in [3.63, 3.8) is 0 Å². The summed E-state index contributed by atoms with van der Waals surface area (Å²) in [4.78, 5) is 115. The van der Waals surface area contributed by atoms with E-state index in [1.807, 2.05) is 0 Å². The molecule has 1 aromatic rings. The van der Waals surface area contributed by atoms with Gasteiger partial charge in [-0.05, 0) is 59.5 Å². The lowest BCUT2D eigenvalue weighted by Gasteiger charge is -2.34. The molecule has 3 saturated heterocycles. The van der Waals surface area contributed by atoms with Gasteiger partial charge in [-0.25, -0.2) is 13.2 Å². The molecule has 416 valence electrons. The Morgan fingerprint density at radius 2 is 1.49 bits per heavy atom. The monoisotopic (exact) mass is 1070 g/mol. The van der Waals surface area contributed by atoms with Gasteiger partial charge in [0.25, 0.3) is 10.4 Å². The van der Waals surface area contributed by atoms with E-state index in [4.69, 9.17) is 4.74 Å². The number of phenols is 1. The van der Waals surface area contributed by atoms with E-state index in [1.54, 1.807) is 19.0 Å². The normalized spacial score (nSPS) is 28.3. The van der Waals surface area contributed by atoms with E-state index in [0.29, 0.717) is 6.54 Å². The number of fused-ring (bicyclic) bond motifs is 2. The number of nitrogens with one attached hydrogen (secondary N) is 6. The summed E-state index contributed by atoms with van der Waals surface area (Å²) in [5, 5.41) is 91.8. The van der Waals surface area contributed by atoms with Crippen molar-refractivity contribution in [3.05, 3.63) is 23.8 Å². The number of phenolic OH excluding ortho intramolecular Hbond substituents is 1. The topological polar surface area (TPSA) is 436 Å². The van der Waals surface area contributed by atoms with Crippen LogP contribution in [0, 0.1) is 5.92 Å². The van der Waals surface area contributed by atoms with Crippen molar-refractivity contribution >= 4 is 57.8 Å². The van der Waals surface area contributed by atoms with Crippen LogP contribution in [0.3, 0.4) is 0 Å². The van der Waals surface area contributed by atoms with E-state index in [2.05, 4.69) is 36.1 Å². The number of carbonyl (C=O) groups is 8. The number of aliphatic hydroxyl groups is 6. The second kappa shape index (κ2) is 25.5. The zero-order valence-corrected chi connectivity index (χ0v) is 42.6. The molecule has 3 aliphatic rings. The van der Waals surface area contributed by atoms with Gasteiger partial charge in [0.2, 0.25) is 41.4 Å². The van der Waals surface area contributed by atoms with E-state index in [1.165, 1.54) is 27.7 Å². The lowest BCUT2D eigenvalue weighted by Crippen LogP contribution is -2.64. The number of amides is 8. The second-order valence-electron chi connectivity index (χ2n) is 19.8. The summed E-state index contributed by atoms with van der Waals surface area (Å²) in [7, 11) is -2.05. The molecule has 74 heavy (non-hydrogen) atoms. The smallest absolute Gasteiger partial charge is 0.408 e. The molecule has 0 aliphatic carbocycles. The van der Waals surface area contributed by atoms with Crippen molar-refractivity contribution in [1.29, 1.82) is 0 Å². The highest BCUT2D eigenvalue weighted by Crippen LogP contribution is 2.30. The van der Waals surface area contributed by atoms with Crippen LogP contribution in [0.2, 0.25) is 0 Å². The Bertz CT molecular complexity index is 2340. The fourth-order valence-electron chi connectivity index (χ4n) is 8.39. The molecule has 4 rings (SSSR count). The van der Waals surface area contributed by atoms with E-state index in [-0.39, 0.29) is 12.1 Å². The molecule has 30 heteroatoms. The minimum absolute atomic E-state index is 0.0634. The highest BCUT2D eigenvalue weighted by atomic mass is 32.3. The Hall–Kier alpha value is -5.99. The number of rotatable bonds is 13. The molecule has 3 fully saturated rings. The Morgan fingerprint density at radius 1 is 0.865 bits per heavy atom. The SMILES string of the molecule is C[C@@H](O)C1NC(=O)C(NC(=O)OC(C)(C)C)C[C@@H](O)CNC(=O)[C@@H]2[C@@H](O)[C@@H](C)CN2C(=O)[C@H]([C@H](O)CC(=O)NCCN(C)C)NC(=O)[C@H]([C@H](O)Cc2ccc(O)c(OS(=O)(=O)[O-])c2)NC(=O)[C@@H]2C[C@@H](O)CN2C1=O. The van der Waals surface area contributed by atoms with Gasteiger partial charge < -0.3 is 95.8 Å². The van der Waals surface area contributed by atoms with Crippen molar-refractivity contribution < 1.29 is 96.0 Å². The molecular formula is C44H68N9O20S-. The predicted octanol–water partition coefficient (Wildman–Crippen LogP) is -6.66. The third-order valence-corrected chi connectivity index (χ3v) is 12.5. The molecule has 1 aromatic carbocycles. The number of nitrogens with zero attached hydrogens (tertiary/aromatic N) is 3. The zero-order valence-electron chi connectivity index (χ0n) is 41.8. The first-order chi connectivity index (χ1) is 34.3. The van der Waals surface area contributed by atoms with Crippen molar-refractivity contribution in [2.75, 3.05) is 46.8 Å². The van der Waals surface area contributed by atoms with Crippen molar-refractivity contribution in [3.8, 4) is 11.5 Å². The van der Waals surface area contributed by atoms with Crippen molar-refractivity contribution in [2.24, 2.45) is 5.92 Å². The standard InChI is InChI=1S/C44H69N9O20S/c1-20-18-53-35(36(20)61)40(65)46-17-23(55)14-25(47-43(68)72-44(3,4)5)37(62)48-32(21(2)54)41(66)52-19-24(56)15-26(52)38(63)49-33(28(58)12-22-8-9-27(57)30(13-22)73-74(69,70)71)39(64)50-34(42(53)67)29(59)16-31(60)45-10-11-51(6)7/h8-9,13,20-21,23-26,28-29,32-36,54-59,61H,10-12,14-19H2,1-7H3,(H,45,60)(H,46,65)(H,47,68)(H,48,62)(H,49,63)(H,50,64)(H,69,70,71)/p-1/t20-,21+,23+,24+,25?,26-,28+,29+,32?,33-,34-,35-,36-/m0/s1. The molecule has 0 spiro atoms. The van der Waals surface area contributed by atoms with Gasteiger partial charge in [-0.15, -0.1) is 0 Å². The fourth-order valence-corrected chi connectivity index (χ4v) is 8.74. The number of carbonyl (C=O) groups excluding carboxylic acids is 8. The fraction of sp³-hybridized carbons (Fsp3) is 0.682. The summed E-state index contributed by atoms with van der Waals surface area (Å²) in [6.45, 7) is 5.72.